The molecule has 0 aliphatic carbocycles. The van der Waals surface area contributed by atoms with E-state index in [0.717, 1.165) is 0 Å². The van der Waals surface area contributed by atoms with Crippen LogP contribution in [0.25, 0.3) is 6.08 Å². The molecule has 0 radical (unpaired) electrons. The van der Waals surface area contributed by atoms with Crippen LogP contribution in [-0.4, -0.2) is 24.9 Å². The molecule has 8 heteroatoms. The van der Waals surface area contributed by atoms with Crippen LogP contribution in [0, 0.1) is 10.1 Å². The highest BCUT2D eigenvalue weighted by atomic mass is 16.6. The largest absolute Gasteiger partial charge is 0.493 e. The Morgan fingerprint density at radius 1 is 1.17 bits per heavy atom. The van der Waals surface area contributed by atoms with Crippen molar-refractivity contribution in [3.63, 3.8) is 0 Å². The van der Waals surface area contributed by atoms with Crippen molar-refractivity contribution < 1.29 is 28.3 Å². The van der Waals surface area contributed by atoms with E-state index in [9.17, 15) is 14.9 Å². The number of fused-ring (bicyclic) bond motifs is 1. The topological polar surface area (TPSA) is 101 Å². The van der Waals surface area contributed by atoms with Crippen molar-refractivity contribution in [2.75, 3.05) is 14.2 Å². The molecule has 118 valence electrons. The highest BCUT2D eigenvalue weighted by Crippen LogP contribution is 2.45. The molecular formula is C15H11NO7. The molecule has 2 aromatic rings. The van der Waals surface area contributed by atoms with E-state index in [1.807, 2.05) is 0 Å². The molecule has 23 heavy (non-hydrogen) atoms. The number of carbonyl (C=O) groups excluding carboxylic acids is 1. The second kappa shape index (κ2) is 5.48. The number of nitro groups is 1. The van der Waals surface area contributed by atoms with E-state index < -0.39 is 10.8 Å². The van der Waals surface area contributed by atoms with Crippen molar-refractivity contribution in [2.45, 2.75) is 0 Å². The lowest BCUT2D eigenvalue weighted by atomic mass is 10.1. The second-order valence-corrected chi connectivity index (χ2v) is 4.55. The van der Waals surface area contributed by atoms with Crippen molar-refractivity contribution in [1.29, 1.82) is 0 Å². The van der Waals surface area contributed by atoms with Gasteiger partial charge in [-0.25, -0.2) is 0 Å². The van der Waals surface area contributed by atoms with E-state index in [1.54, 1.807) is 12.1 Å². The first-order valence-electron chi connectivity index (χ1n) is 6.48. The van der Waals surface area contributed by atoms with Crippen LogP contribution < -0.4 is 14.2 Å². The summed E-state index contributed by atoms with van der Waals surface area (Å²) in [5.41, 5.74) is 0.315. The molecule has 2 heterocycles. The lowest BCUT2D eigenvalue weighted by Gasteiger charge is -2.10. The third-order valence-electron chi connectivity index (χ3n) is 3.25. The number of Topliss-reactive ketones (excluding diaryl/α,β-unsaturated/α-hetero) is 1. The minimum absolute atomic E-state index is 0.0178. The molecule has 0 bridgehead atoms. The number of furan rings is 1. The maximum Gasteiger partial charge on any atom is 0.433 e. The Kier molecular flexibility index (Phi) is 3.49. The molecule has 0 saturated carbocycles. The monoisotopic (exact) mass is 317 g/mol. The van der Waals surface area contributed by atoms with Gasteiger partial charge in [0, 0.05) is 6.08 Å². The van der Waals surface area contributed by atoms with Gasteiger partial charge < -0.3 is 18.6 Å². The highest BCUT2D eigenvalue weighted by Gasteiger charge is 2.32. The molecule has 0 atom stereocenters. The third kappa shape index (κ3) is 2.39. The molecule has 0 unspecified atom stereocenters. The van der Waals surface area contributed by atoms with Crippen LogP contribution in [0.3, 0.4) is 0 Å². The molecule has 0 saturated heterocycles. The van der Waals surface area contributed by atoms with E-state index in [2.05, 4.69) is 0 Å². The normalized spacial score (nSPS) is 14.5. The Bertz CT molecular complexity index is 834. The average molecular weight is 317 g/mol. The lowest BCUT2D eigenvalue weighted by molar-refractivity contribution is -0.402. The van der Waals surface area contributed by atoms with Gasteiger partial charge in [-0.3, -0.25) is 14.9 Å². The van der Waals surface area contributed by atoms with Crippen molar-refractivity contribution in [3.8, 4) is 17.2 Å². The summed E-state index contributed by atoms with van der Waals surface area (Å²) in [5, 5.41) is 10.6. The summed E-state index contributed by atoms with van der Waals surface area (Å²) in [5.74, 6) is 0.291. The van der Waals surface area contributed by atoms with E-state index in [0.29, 0.717) is 17.1 Å². The van der Waals surface area contributed by atoms with E-state index >= 15 is 0 Å². The number of benzene rings is 1. The zero-order valence-corrected chi connectivity index (χ0v) is 12.2. The predicted molar refractivity (Wildman–Crippen MR) is 77.8 cm³/mol. The number of ketones is 1. The first-order chi connectivity index (χ1) is 11.0. The highest BCUT2D eigenvalue weighted by molar-refractivity contribution is 6.15. The molecule has 8 nitrogen and oxygen atoms in total. The predicted octanol–water partition coefficient (Wildman–Crippen LogP) is 2.82. The van der Waals surface area contributed by atoms with Gasteiger partial charge in [0.25, 0.3) is 0 Å². The Labute approximate surface area is 130 Å². The van der Waals surface area contributed by atoms with Gasteiger partial charge in [0.1, 0.15) is 10.7 Å². The van der Waals surface area contributed by atoms with Gasteiger partial charge in [0.2, 0.25) is 11.5 Å². The number of hydrogen-bond donors (Lipinski definition) is 0. The number of hydrogen-bond acceptors (Lipinski definition) is 7. The summed E-state index contributed by atoms with van der Waals surface area (Å²) < 4.78 is 20.9. The zero-order chi connectivity index (χ0) is 16.6. The van der Waals surface area contributed by atoms with Crippen LogP contribution in [0.4, 0.5) is 5.88 Å². The fourth-order valence-electron chi connectivity index (χ4n) is 2.21. The van der Waals surface area contributed by atoms with E-state index in [4.69, 9.17) is 18.6 Å². The molecule has 0 N–H and O–H groups in total. The van der Waals surface area contributed by atoms with E-state index in [-0.39, 0.29) is 23.1 Å². The zero-order valence-electron chi connectivity index (χ0n) is 12.2. The number of rotatable bonds is 4. The van der Waals surface area contributed by atoms with Crippen LogP contribution in [0.5, 0.6) is 17.2 Å². The van der Waals surface area contributed by atoms with Crippen LogP contribution in [0.1, 0.15) is 16.1 Å². The first kappa shape index (κ1) is 14.6. The fraction of sp³-hybridized carbons (Fsp3) is 0.133. The summed E-state index contributed by atoms with van der Waals surface area (Å²) in [6, 6.07) is 5.73. The van der Waals surface area contributed by atoms with Crippen molar-refractivity contribution in [3.05, 3.63) is 51.5 Å². The first-order valence-corrected chi connectivity index (χ1v) is 6.48. The van der Waals surface area contributed by atoms with Crippen LogP contribution >= 0.6 is 0 Å². The number of allylic oxidation sites excluding steroid dienone is 1. The SMILES string of the molecule is COc1ccc2c(c1OC)O/C(=C/c1ccc([N+](=O)[O-])o1)C2=O. The summed E-state index contributed by atoms with van der Waals surface area (Å²) in [7, 11) is 2.91. The minimum Gasteiger partial charge on any atom is -0.493 e. The van der Waals surface area contributed by atoms with Gasteiger partial charge in [0.05, 0.1) is 25.8 Å². The average Bonchev–Trinajstić information content (AvgIpc) is 3.12. The van der Waals surface area contributed by atoms with Gasteiger partial charge in [-0.2, -0.15) is 0 Å². The maximum absolute atomic E-state index is 12.3. The second-order valence-electron chi connectivity index (χ2n) is 4.55. The molecule has 3 rings (SSSR count). The van der Waals surface area contributed by atoms with Gasteiger partial charge in [0.15, 0.2) is 17.3 Å². The quantitative estimate of drug-likeness (QED) is 0.485. The molecule has 1 aliphatic rings. The summed E-state index contributed by atoms with van der Waals surface area (Å²) in [6.07, 6.45) is 1.29. The summed E-state index contributed by atoms with van der Waals surface area (Å²) in [6.45, 7) is 0. The molecule has 1 aromatic heterocycles. The number of ether oxygens (including phenoxy) is 3. The minimum atomic E-state index is -0.665. The standard InChI is InChI=1S/C15H11NO7/c1-20-10-5-4-9-13(17)11(23-14(9)15(10)21-2)7-8-3-6-12(22-8)16(18)19/h3-7H,1-2H3/b11-7+. The van der Waals surface area contributed by atoms with Crippen LogP contribution in [0.15, 0.2) is 34.4 Å². The van der Waals surface area contributed by atoms with Crippen molar-refractivity contribution in [1.82, 2.24) is 0 Å². The van der Waals surface area contributed by atoms with Gasteiger partial charge in [-0.1, -0.05) is 0 Å². The number of nitrogens with zero attached hydrogens (tertiary/aromatic N) is 1. The Hall–Kier alpha value is -3.29. The van der Waals surface area contributed by atoms with Crippen molar-refractivity contribution >= 4 is 17.7 Å². The van der Waals surface area contributed by atoms with Gasteiger partial charge in [-0.05, 0) is 18.2 Å². The molecule has 0 spiro atoms. The van der Waals surface area contributed by atoms with Crippen LogP contribution in [-0.2, 0) is 0 Å². The Balaban J connectivity index is 1.99. The molecule has 1 aliphatic heterocycles. The number of methoxy groups -OCH3 is 2. The molecular weight excluding hydrogens is 306 g/mol. The molecule has 1 aromatic carbocycles. The Morgan fingerprint density at radius 3 is 2.57 bits per heavy atom. The van der Waals surface area contributed by atoms with Crippen LogP contribution in [0.2, 0.25) is 0 Å². The smallest absolute Gasteiger partial charge is 0.433 e. The third-order valence-corrected chi connectivity index (χ3v) is 3.25. The van der Waals surface area contributed by atoms with Crippen molar-refractivity contribution in [2.24, 2.45) is 0 Å². The lowest BCUT2D eigenvalue weighted by Crippen LogP contribution is -1.97. The maximum atomic E-state index is 12.3. The molecule has 0 amide bonds. The van der Waals surface area contributed by atoms with E-state index in [1.165, 1.54) is 32.4 Å². The van der Waals surface area contributed by atoms with Gasteiger partial charge >= 0.3 is 5.88 Å². The molecule has 0 fully saturated rings. The fourth-order valence-corrected chi connectivity index (χ4v) is 2.21. The Morgan fingerprint density at radius 2 is 1.96 bits per heavy atom. The van der Waals surface area contributed by atoms with Gasteiger partial charge in [-0.15, -0.1) is 0 Å². The summed E-state index contributed by atoms with van der Waals surface area (Å²) >= 11 is 0. The number of carbonyl (C=O) groups is 1. The summed E-state index contributed by atoms with van der Waals surface area (Å²) in [4.78, 5) is 22.3.